The van der Waals surface area contributed by atoms with E-state index in [1.54, 1.807) is 18.2 Å². The zero-order valence-electron chi connectivity index (χ0n) is 18.6. The first kappa shape index (κ1) is 20.8. The van der Waals surface area contributed by atoms with Crippen LogP contribution in [0.5, 0.6) is 11.5 Å². The summed E-state index contributed by atoms with van der Waals surface area (Å²) < 4.78 is 10.6. The maximum absolute atomic E-state index is 13.0. The van der Waals surface area contributed by atoms with Crippen molar-refractivity contribution in [2.24, 2.45) is 5.92 Å². The summed E-state index contributed by atoms with van der Waals surface area (Å²) in [7, 11) is 0. The number of fused-ring (bicyclic) bond motifs is 2. The molecule has 1 N–H and O–H groups in total. The molecule has 0 aromatic heterocycles. The molecule has 0 atom stereocenters. The lowest BCUT2D eigenvalue weighted by Gasteiger charge is -2.41. The molecular weight excluding hydrogens is 406 g/mol. The summed E-state index contributed by atoms with van der Waals surface area (Å²) >= 11 is 0. The summed E-state index contributed by atoms with van der Waals surface area (Å²) in [4.78, 5) is 29.6. The van der Waals surface area contributed by atoms with Crippen molar-refractivity contribution in [2.45, 2.75) is 26.8 Å². The molecule has 2 aromatic carbocycles. The molecule has 7 nitrogen and oxygen atoms in total. The van der Waals surface area contributed by atoms with E-state index in [0.29, 0.717) is 23.6 Å². The smallest absolute Gasteiger partial charge is 0.251 e. The number of hydrogen-bond acceptors (Lipinski definition) is 5. The highest BCUT2D eigenvalue weighted by molar-refractivity contribution is 5.94. The number of amides is 2. The second-order valence-corrected chi connectivity index (χ2v) is 9.00. The van der Waals surface area contributed by atoms with Gasteiger partial charge in [-0.05, 0) is 60.7 Å². The van der Waals surface area contributed by atoms with Gasteiger partial charge in [-0.1, -0.05) is 12.1 Å². The number of aryl methyl sites for hydroxylation is 2. The molecular formula is C25H29N3O4. The summed E-state index contributed by atoms with van der Waals surface area (Å²) in [6.07, 6.45) is 0.935. The van der Waals surface area contributed by atoms with E-state index in [-0.39, 0.29) is 24.5 Å². The molecule has 2 aromatic rings. The average Bonchev–Trinajstić information content (AvgIpc) is 3.23. The molecule has 3 aliphatic heterocycles. The zero-order valence-corrected chi connectivity index (χ0v) is 18.6. The minimum absolute atomic E-state index is 0.0626. The van der Waals surface area contributed by atoms with Crippen LogP contribution in [0, 0.1) is 19.8 Å². The van der Waals surface area contributed by atoms with Crippen molar-refractivity contribution in [3.63, 3.8) is 0 Å². The van der Waals surface area contributed by atoms with Crippen molar-refractivity contribution in [3.05, 3.63) is 58.1 Å². The van der Waals surface area contributed by atoms with Crippen LogP contribution in [0.1, 0.15) is 32.6 Å². The first-order valence-electron chi connectivity index (χ1n) is 11.3. The fourth-order valence-electron chi connectivity index (χ4n) is 4.68. The van der Waals surface area contributed by atoms with Crippen LogP contribution in [0.4, 0.5) is 0 Å². The Morgan fingerprint density at radius 1 is 1.03 bits per heavy atom. The van der Waals surface area contributed by atoms with Gasteiger partial charge in [0, 0.05) is 44.8 Å². The van der Waals surface area contributed by atoms with Gasteiger partial charge in [0.1, 0.15) is 0 Å². The molecule has 0 radical (unpaired) electrons. The highest BCUT2D eigenvalue weighted by atomic mass is 16.7. The van der Waals surface area contributed by atoms with Gasteiger partial charge in [0.05, 0.1) is 5.92 Å². The fourth-order valence-corrected chi connectivity index (χ4v) is 4.68. The Morgan fingerprint density at radius 2 is 1.78 bits per heavy atom. The van der Waals surface area contributed by atoms with Gasteiger partial charge < -0.3 is 19.7 Å². The Labute approximate surface area is 188 Å². The van der Waals surface area contributed by atoms with E-state index in [9.17, 15) is 9.59 Å². The molecule has 1 saturated heterocycles. The minimum atomic E-state index is -0.131. The minimum Gasteiger partial charge on any atom is -0.454 e. The van der Waals surface area contributed by atoms with Gasteiger partial charge in [0.2, 0.25) is 12.7 Å². The molecule has 0 bridgehead atoms. The van der Waals surface area contributed by atoms with E-state index in [2.05, 4.69) is 36.2 Å². The van der Waals surface area contributed by atoms with Crippen LogP contribution in [-0.4, -0.2) is 61.1 Å². The van der Waals surface area contributed by atoms with Gasteiger partial charge in [-0.2, -0.15) is 0 Å². The Kier molecular flexibility index (Phi) is 5.51. The lowest BCUT2D eigenvalue weighted by atomic mass is 9.92. The topological polar surface area (TPSA) is 71.1 Å². The van der Waals surface area contributed by atoms with Gasteiger partial charge in [0.15, 0.2) is 11.5 Å². The van der Waals surface area contributed by atoms with Crippen molar-refractivity contribution >= 4 is 11.8 Å². The van der Waals surface area contributed by atoms with Crippen molar-refractivity contribution in [1.82, 2.24) is 15.1 Å². The second-order valence-electron chi connectivity index (χ2n) is 9.00. The maximum Gasteiger partial charge on any atom is 0.251 e. The third-order valence-corrected chi connectivity index (χ3v) is 6.79. The van der Waals surface area contributed by atoms with Crippen LogP contribution in [0.3, 0.4) is 0 Å². The van der Waals surface area contributed by atoms with Crippen molar-refractivity contribution < 1.29 is 19.1 Å². The molecule has 168 valence electrons. The molecule has 3 aliphatic rings. The number of ether oxygens (including phenoxy) is 2. The lowest BCUT2D eigenvalue weighted by molar-refractivity contribution is -0.142. The summed E-state index contributed by atoms with van der Waals surface area (Å²) in [6.45, 7) is 8.79. The average molecular weight is 436 g/mol. The van der Waals surface area contributed by atoms with Gasteiger partial charge in [-0.3, -0.25) is 14.5 Å². The van der Waals surface area contributed by atoms with Crippen LogP contribution in [0.25, 0.3) is 0 Å². The summed E-state index contributed by atoms with van der Waals surface area (Å²) in [6, 6.07) is 9.70. The lowest BCUT2D eigenvalue weighted by Crippen LogP contribution is -2.56. The summed E-state index contributed by atoms with van der Waals surface area (Å²) in [5.41, 5.74) is 5.84. The normalized spacial score (nSPS) is 17.6. The number of carbonyl (C=O) groups excluding carboxylic acids is 2. The maximum atomic E-state index is 13.0. The number of nitrogens with zero attached hydrogens (tertiary/aromatic N) is 2. The first-order chi connectivity index (χ1) is 15.5. The van der Waals surface area contributed by atoms with Crippen LogP contribution in [0.15, 0.2) is 30.3 Å². The molecule has 0 spiro atoms. The number of likely N-dealkylation sites (tertiary alicyclic amines) is 1. The summed E-state index contributed by atoms with van der Waals surface area (Å²) in [5.74, 6) is 1.46. The number of rotatable bonds is 5. The number of benzene rings is 2. The Hall–Kier alpha value is -3.06. The monoisotopic (exact) mass is 435 g/mol. The summed E-state index contributed by atoms with van der Waals surface area (Å²) in [5, 5.41) is 2.95. The zero-order chi connectivity index (χ0) is 22.2. The van der Waals surface area contributed by atoms with Gasteiger partial charge in [0.25, 0.3) is 5.91 Å². The quantitative estimate of drug-likeness (QED) is 0.780. The molecule has 5 rings (SSSR count). The Balaban J connectivity index is 1.06. The molecule has 2 amide bonds. The van der Waals surface area contributed by atoms with Crippen LogP contribution >= 0.6 is 0 Å². The van der Waals surface area contributed by atoms with E-state index in [4.69, 9.17) is 9.47 Å². The molecule has 0 unspecified atom stereocenters. The van der Waals surface area contributed by atoms with Crippen molar-refractivity contribution in [1.29, 1.82) is 0 Å². The van der Waals surface area contributed by atoms with Crippen LogP contribution in [-0.2, 0) is 17.8 Å². The molecule has 0 aliphatic carbocycles. The van der Waals surface area contributed by atoms with Gasteiger partial charge in [-0.15, -0.1) is 0 Å². The van der Waals surface area contributed by atoms with E-state index >= 15 is 0 Å². The molecule has 3 heterocycles. The fraction of sp³-hybridized carbons (Fsp3) is 0.440. The SMILES string of the molecule is Cc1cc2c(cc1C)CN(C(=O)C1CN(CCNC(=O)c3ccc4c(c3)OCO4)C1)CC2. The third-order valence-electron chi connectivity index (χ3n) is 6.79. The Morgan fingerprint density at radius 3 is 2.59 bits per heavy atom. The highest BCUT2D eigenvalue weighted by Gasteiger charge is 2.36. The standard InChI is InChI=1S/C25H29N3O4/c1-16-9-18-5-7-28(14-20(18)10-17(16)2)25(30)21-12-27(13-21)8-6-26-24(29)19-3-4-22-23(11-19)32-15-31-22/h3-4,9-11,21H,5-8,12-15H2,1-2H3,(H,26,29). The van der Waals surface area contributed by atoms with Crippen molar-refractivity contribution in [3.8, 4) is 11.5 Å². The molecule has 7 heteroatoms. The van der Waals surface area contributed by atoms with E-state index in [0.717, 1.165) is 39.1 Å². The Bertz CT molecular complexity index is 1060. The number of hydrogen-bond donors (Lipinski definition) is 1. The molecule has 0 saturated carbocycles. The largest absolute Gasteiger partial charge is 0.454 e. The number of carbonyl (C=O) groups is 2. The second kappa shape index (κ2) is 8.47. The van der Waals surface area contributed by atoms with Crippen LogP contribution < -0.4 is 14.8 Å². The predicted octanol–water partition coefficient (Wildman–Crippen LogP) is 2.28. The third kappa shape index (κ3) is 4.05. The molecule has 32 heavy (non-hydrogen) atoms. The van der Waals surface area contributed by atoms with Gasteiger partial charge in [-0.25, -0.2) is 0 Å². The number of nitrogens with one attached hydrogen (secondary N) is 1. The van der Waals surface area contributed by atoms with Crippen LogP contribution in [0.2, 0.25) is 0 Å². The molecule has 1 fully saturated rings. The predicted molar refractivity (Wildman–Crippen MR) is 120 cm³/mol. The van der Waals surface area contributed by atoms with Gasteiger partial charge >= 0.3 is 0 Å². The first-order valence-corrected chi connectivity index (χ1v) is 11.3. The van der Waals surface area contributed by atoms with E-state index < -0.39 is 0 Å². The van der Waals surface area contributed by atoms with E-state index in [1.807, 2.05) is 4.90 Å². The van der Waals surface area contributed by atoms with E-state index in [1.165, 1.54) is 22.3 Å². The van der Waals surface area contributed by atoms with Crippen molar-refractivity contribution in [2.75, 3.05) is 39.5 Å². The highest BCUT2D eigenvalue weighted by Crippen LogP contribution is 2.32.